The Morgan fingerprint density at radius 3 is 2.40 bits per heavy atom. The molecule has 0 bridgehead atoms. The second-order valence-electron chi connectivity index (χ2n) is 6.51. The van der Waals surface area contributed by atoms with Crippen LogP contribution in [0.25, 0.3) is 0 Å². The molecule has 2 aliphatic rings. The zero-order valence-electron chi connectivity index (χ0n) is 12.2. The van der Waals surface area contributed by atoms with E-state index in [0.717, 1.165) is 56.4 Å². The molecule has 1 aromatic carbocycles. The Hall–Kier alpha value is -0.930. The van der Waals surface area contributed by atoms with Gasteiger partial charge in [-0.3, -0.25) is 4.90 Å². The van der Waals surface area contributed by atoms with E-state index >= 15 is 0 Å². The monoisotopic (exact) mass is 276 g/mol. The Bertz CT molecular complexity index is 460. The van der Waals surface area contributed by atoms with Crippen molar-refractivity contribution >= 4 is 0 Å². The number of halogens is 1. The van der Waals surface area contributed by atoms with E-state index < -0.39 is 0 Å². The zero-order valence-corrected chi connectivity index (χ0v) is 12.2. The number of likely N-dealkylation sites (tertiary alicyclic amines) is 1. The second-order valence-corrected chi connectivity index (χ2v) is 6.51. The molecule has 0 aromatic heterocycles. The fraction of sp³-hybridized carbons (Fsp3) is 0.647. The van der Waals surface area contributed by atoms with E-state index in [2.05, 4.69) is 11.0 Å². The van der Waals surface area contributed by atoms with Gasteiger partial charge in [0.15, 0.2) is 0 Å². The lowest BCUT2D eigenvalue weighted by molar-refractivity contribution is 0.300. The van der Waals surface area contributed by atoms with E-state index in [1.54, 1.807) is 6.07 Å². The summed E-state index contributed by atoms with van der Waals surface area (Å²) in [5.74, 6) is -0.0789. The zero-order chi connectivity index (χ0) is 14.0. The molecule has 3 rings (SSSR count). The van der Waals surface area contributed by atoms with Gasteiger partial charge in [0.2, 0.25) is 0 Å². The maximum atomic E-state index is 14.3. The molecule has 0 spiro atoms. The first-order chi connectivity index (χ1) is 9.67. The van der Waals surface area contributed by atoms with Gasteiger partial charge in [0, 0.05) is 17.6 Å². The van der Waals surface area contributed by atoms with Gasteiger partial charge in [-0.15, -0.1) is 0 Å². The highest BCUT2D eigenvalue weighted by Gasteiger charge is 2.30. The minimum atomic E-state index is -0.300. The van der Waals surface area contributed by atoms with Crippen LogP contribution in [0.4, 0.5) is 4.39 Å². The Balaban J connectivity index is 1.76. The van der Waals surface area contributed by atoms with Gasteiger partial charge >= 0.3 is 0 Å². The molecule has 0 radical (unpaired) electrons. The van der Waals surface area contributed by atoms with Crippen molar-refractivity contribution in [1.29, 1.82) is 0 Å². The maximum absolute atomic E-state index is 14.3. The molecule has 1 aromatic rings. The van der Waals surface area contributed by atoms with Crippen LogP contribution < -0.4 is 5.73 Å². The number of rotatable bonds is 3. The molecular formula is C17H25FN2. The first-order valence-corrected chi connectivity index (χ1v) is 7.98. The van der Waals surface area contributed by atoms with Crippen molar-refractivity contribution in [3.63, 3.8) is 0 Å². The summed E-state index contributed by atoms with van der Waals surface area (Å²) in [6, 6.07) is 5.70. The van der Waals surface area contributed by atoms with Crippen molar-refractivity contribution < 1.29 is 4.39 Å². The predicted octanol–water partition coefficient (Wildman–Crippen LogP) is 3.54. The van der Waals surface area contributed by atoms with Crippen molar-refractivity contribution in [3.8, 4) is 0 Å². The molecule has 0 amide bonds. The molecule has 1 aliphatic carbocycles. The molecule has 1 aliphatic heterocycles. The fourth-order valence-corrected chi connectivity index (χ4v) is 3.64. The summed E-state index contributed by atoms with van der Waals surface area (Å²) in [7, 11) is 0. The molecule has 2 N–H and O–H groups in total. The van der Waals surface area contributed by atoms with E-state index in [9.17, 15) is 4.39 Å². The van der Waals surface area contributed by atoms with Gasteiger partial charge in [-0.1, -0.05) is 31.4 Å². The maximum Gasteiger partial charge on any atom is 0.128 e. The average molecular weight is 276 g/mol. The van der Waals surface area contributed by atoms with E-state index in [1.807, 2.05) is 6.07 Å². The highest BCUT2D eigenvalue weighted by molar-refractivity contribution is 5.30. The van der Waals surface area contributed by atoms with E-state index in [-0.39, 0.29) is 11.4 Å². The number of hydrogen-bond acceptors (Lipinski definition) is 2. The van der Waals surface area contributed by atoms with Gasteiger partial charge in [0.25, 0.3) is 0 Å². The van der Waals surface area contributed by atoms with Gasteiger partial charge in [-0.2, -0.15) is 0 Å². The molecule has 0 atom stereocenters. The van der Waals surface area contributed by atoms with E-state index in [4.69, 9.17) is 5.73 Å². The topological polar surface area (TPSA) is 29.3 Å². The molecule has 110 valence electrons. The van der Waals surface area contributed by atoms with Crippen molar-refractivity contribution in [2.75, 3.05) is 13.1 Å². The highest BCUT2D eigenvalue weighted by atomic mass is 19.1. The third-order valence-electron chi connectivity index (χ3n) is 4.97. The second kappa shape index (κ2) is 5.82. The fourth-order valence-electron chi connectivity index (χ4n) is 3.64. The molecular weight excluding hydrogens is 251 g/mol. The summed E-state index contributed by atoms with van der Waals surface area (Å²) >= 11 is 0. The van der Waals surface area contributed by atoms with Gasteiger partial charge in [-0.05, 0) is 50.4 Å². The third kappa shape index (κ3) is 2.89. The van der Waals surface area contributed by atoms with E-state index in [1.165, 1.54) is 19.3 Å². The van der Waals surface area contributed by atoms with Crippen molar-refractivity contribution in [3.05, 3.63) is 35.1 Å². The molecule has 3 heteroatoms. The summed E-state index contributed by atoms with van der Waals surface area (Å²) < 4.78 is 14.3. The largest absolute Gasteiger partial charge is 0.321 e. The lowest BCUT2D eigenvalue weighted by atomic mass is 9.77. The van der Waals surface area contributed by atoms with Crippen LogP contribution in [0.5, 0.6) is 0 Å². The summed E-state index contributed by atoms with van der Waals surface area (Å²) in [4.78, 5) is 2.33. The Labute approximate surface area is 121 Å². The summed E-state index contributed by atoms with van der Waals surface area (Å²) in [6.07, 6.45) is 8.03. The molecule has 1 saturated carbocycles. The van der Waals surface area contributed by atoms with Crippen molar-refractivity contribution in [1.82, 2.24) is 4.90 Å². The van der Waals surface area contributed by atoms with Crippen molar-refractivity contribution in [2.45, 2.75) is 57.0 Å². The van der Waals surface area contributed by atoms with Crippen LogP contribution in [-0.2, 0) is 12.1 Å². The van der Waals surface area contributed by atoms with Gasteiger partial charge in [-0.25, -0.2) is 4.39 Å². The Kier molecular flexibility index (Phi) is 4.08. The van der Waals surface area contributed by atoms with Crippen LogP contribution in [-0.4, -0.2) is 18.0 Å². The van der Waals surface area contributed by atoms with Crippen LogP contribution in [0.3, 0.4) is 0 Å². The molecule has 0 unspecified atom stereocenters. The van der Waals surface area contributed by atoms with E-state index in [0.29, 0.717) is 0 Å². The van der Waals surface area contributed by atoms with Crippen LogP contribution in [0.15, 0.2) is 18.2 Å². The summed E-state index contributed by atoms with van der Waals surface area (Å²) in [6.45, 7) is 2.94. The van der Waals surface area contributed by atoms with Crippen LogP contribution in [0.1, 0.15) is 56.1 Å². The van der Waals surface area contributed by atoms with Crippen LogP contribution in [0.2, 0.25) is 0 Å². The van der Waals surface area contributed by atoms with Crippen LogP contribution >= 0.6 is 0 Å². The first kappa shape index (κ1) is 14.0. The van der Waals surface area contributed by atoms with Gasteiger partial charge < -0.3 is 5.73 Å². The lowest BCUT2D eigenvalue weighted by Crippen LogP contribution is -2.38. The van der Waals surface area contributed by atoms with Gasteiger partial charge in [0.1, 0.15) is 5.82 Å². The molecule has 1 saturated heterocycles. The Morgan fingerprint density at radius 2 is 1.75 bits per heavy atom. The van der Waals surface area contributed by atoms with Gasteiger partial charge in [0.05, 0.1) is 0 Å². The summed E-state index contributed by atoms with van der Waals surface area (Å²) in [5, 5.41) is 0. The normalized spacial score (nSPS) is 23.1. The predicted molar refractivity (Wildman–Crippen MR) is 79.9 cm³/mol. The number of hydrogen-bond donors (Lipinski definition) is 1. The van der Waals surface area contributed by atoms with Crippen LogP contribution in [0, 0.1) is 5.82 Å². The smallest absolute Gasteiger partial charge is 0.128 e. The minimum absolute atomic E-state index is 0.0789. The number of benzene rings is 1. The molecule has 1 heterocycles. The Morgan fingerprint density at radius 1 is 1.05 bits per heavy atom. The van der Waals surface area contributed by atoms with Crippen molar-refractivity contribution in [2.24, 2.45) is 5.73 Å². The number of nitrogens with two attached hydrogens (primary N) is 1. The lowest BCUT2D eigenvalue weighted by Gasteiger charge is -2.34. The highest BCUT2D eigenvalue weighted by Crippen LogP contribution is 2.35. The molecule has 2 nitrogen and oxygen atoms in total. The standard InChI is InChI=1S/C17H25FN2/c18-16-12-15(17(19)8-2-1-3-9-17)7-6-14(16)13-20-10-4-5-11-20/h6-7,12H,1-5,8-11,13,19H2. The number of nitrogens with zero attached hydrogens (tertiary/aromatic N) is 1. The minimum Gasteiger partial charge on any atom is -0.321 e. The molecule has 20 heavy (non-hydrogen) atoms. The first-order valence-electron chi connectivity index (χ1n) is 7.98. The quantitative estimate of drug-likeness (QED) is 0.915. The summed E-state index contributed by atoms with van der Waals surface area (Å²) in [5.41, 5.74) is 7.99. The molecule has 2 fully saturated rings. The average Bonchev–Trinajstić information content (AvgIpc) is 2.95. The SMILES string of the molecule is NC1(c2ccc(CN3CCCC3)c(F)c2)CCCCC1. The third-order valence-corrected chi connectivity index (χ3v) is 4.97.